The minimum absolute atomic E-state index is 0.000189. The molecule has 0 saturated carbocycles. The van der Waals surface area contributed by atoms with Crippen LogP contribution in [-0.4, -0.2) is 10.5 Å². The van der Waals surface area contributed by atoms with Crippen molar-refractivity contribution in [2.45, 2.75) is 39.0 Å². The molecular formula is C15H17F3N2S. The van der Waals surface area contributed by atoms with Gasteiger partial charge in [0.25, 0.3) is 0 Å². The Hall–Kier alpha value is -1.40. The molecule has 2 aromatic rings. The molecule has 0 spiro atoms. The molecule has 0 bridgehead atoms. The van der Waals surface area contributed by atoms with Crippen molar-refractivity contribution >= 4 is 11.3 Å². The maximum atomic E-state index is 12.5. The molecule has 1 heterocycles. The second-order valence-corrected chi connectivity index (χ2v) is 6.75. The number of hydrogen-bond donors (Lipinski definition) is 1. The molecule has 0 atom stereocenters. The Morgan fingerprint density at radius 2 is 1.71 bits per heavy atom. The van der Waals surface area contributed by atoms with Gasteiger partial charge in [-0.3, -0.25) is 0 Å². The molecule has 1 aromatic heterocycles. The molecule has 2 rings (SSSR count). The largest absolute Gasteiger partial charge is 0.416 e. The molecule has 114 valence electrons. The van der Waals surface area contributed by atoms with Gasteiger partial charge in [-0.05, 0) is 32.9 Å². The lowest BCUT2D eigenvalue weighted by atomic mass is 10.1. The molecule has 1 N–H and O–H groups in total. The number of nitrogens with zero attached hydrogens (tertiary/aromatic N) is 1. The van der Waals surface area contributed by atoms with Crippen molar-refractivity contribution < 1.29 is 13.2 Å². The van der Waals surface area contributed by atoms with Crippen LogP contribution in [0.3, 0.4) is 0 Å². The van der Waals surface area contributed by atoms with Crippen molar-refractivity contribution in [2.24, 2.45) is 0 Å². The molecule has 0 aliphatic rings. The second kappa shape index (κ2) is 5.77. The standard InChI is InChI=1S/C15H17F3N2S/c1-14(2,3)19-8-13-20-12(9-21-13)10-4-6-11(7-5-10)15(16,17)18/h4-7,9,19H,8H2,1-3H3. The summed E-state index contributed by atoms with van der Waals surface area (Å²) in [5.41, 5.74) is 0.761. The number of benzene rings is 1. The van der Waals surface area contributed by atoms with Gasteiger partial charge < -0.3 is 5.32 Å². The van der Waals surface area contributed by atoms with Crippen molar-refractivity contribution in [1.29, 1.82) is 0 Å². The lowest BCUT2D eigenvalue weighted by molar-refractivity contribution is -0.137. The maximum absolute atomic E-state index is 12.5. The van der Waals surface area contributed by atoms with Gasteiger partial charge in [-0.25, -0.2) is 4.98 Å². The van der Waals surface area contributed by atoms with Crippen LogP contribution < -0.4 is 5.32 Å². The van der Waals surface area contributed by atoms with Crippen LogP contribution in [0, 0.1) is 0 Å². The summed E-state index contributed by atoms with van der Waals surface area (Å²) in [7, 11) is 0. The van der Waals surface area contributed by atoms with Crippen LogP contribution in [0.15, 0.2) is 29.6 Å². The average molecular weight is 314 g/mol. The third-order valence-electron chi connectivity index (χ3n) is 2.83. The molecule has 0 aliphatic heterocycles. The van der Waals surface area contributed by atoms with Gasteiger partial charge in [0.2, 0.25) is 0 Å². The lowest BCUT2D eigenvalue weighted by Crippen LogP contribution is -2.34. The first-order chi connectivity index (χ1) is 9.65. The molecule has 0 saturated heterocycles. The second-order valence-electron chi connectivity index (χ2n) is 5.81. The van der Waals surface area contributed by atoms with E-state index < -0.39 is 11.7 Å². The number of halogens is 3. The van der Waals surface area contributed by atoms with E-state index in [4.69, 9.17) is 0 Å². The van der Waals surface area contributed by atoms with Crippen LogP contribution in [0.2, 0.25) is 0 Å². The zero-order chi connectivity index (χ0) is 15.7. The lowest BCUT2D eigenvalue weighted by Gasteiger charge is -2.19. The Balaban J connectivity index is 2.11. The van der Waals surface area contributed by atoms with Crippen molar-refractivity contribution in [3.8, 4) is 11.3 Å². The SMILES string of the molecule is CC(C)(C)NCc1nc(-c2ccc(C(F)(F)F)cc2)cs1. The maximum Gasteiger partial charge on any atom is 0.416 e. The van der Waals surface area contributed by atoms with E-state index in [1.807, 2.05) is 5.38 Å². The summed E-state index contributed by atoms with van der Waals surface area (Å²) in [6.45, 7) is 6.85. The minimum atomic E-state index is -4.30. The molecule has 21 heavy (non-hydrogen) atoms. The Bertz CT molecular complexity index is 595. The Kier molecular flexibility index (Phi) is 4.39. The molecule has 0 unspecified atom stereocenters. The number of aromatic nitrogens is 1. The highest BCUT2D eigenvalue weighted by Crippen LogP contribution is 2.31. The molecule has 0 amide bonds. The highest BCUT2D eigenvalue weighted by molar-refractivity contribution is 7.09. The summed E-state index contributed by atoms with van der Waals surface area (Å²) in [4.78, 5) is 4.45. The van der Waals surface area contributed by atoms with Crippen LogP contribution in [0.1, 0.15) is 31.3 Å². The smallest absolute Gasteiger partial charge is 0.306 e. The van der Waals surface area contributed by atoms with E-state index in [1.165, 1.54) is 23.5 Å². The quantitative estimate of drug-likeness (QED) is 0.887. The van der Waals surface area contributed by atoms with Gasteiger partial charge >= 0.3 is 6.18 Å². The summed E-state index contributed by atoms with van der Waals surface area (Å²) in [5, 5.41) is 6.11. The first kappa shape index (κ1) is 16.0. The summed E-state index contributed by atoms with van der Waals surface area (Å²) in [6, 6.07) is 5.08. The highest BCUT2D eigenvalue weighted by atomic mass is 32.1. The average Bonchev–Trinajstić information content (AvgIpc) is 2.83. The third-order valence-corrected chi connectivity index (χ3v) is 3.68. The summed E-state index contributed by atoms with van der Waals surface area (Å²) >= 11 is 1.50. The third kappa shape index (κ3) is 4.54. The molecule has 0 fully saturated rings. The van der Waals surface area contributed by atoms with Crippen LogP contribution >= 0.6 is 11.3 Å². The number of thiazole rings is 1. The number of rotatable bonds is 3. The normalized spacial score (nSPS) is 12.7. The molecule has 0 aliphatic carbocycles. The van der Waals surface area contributed by atoms with Crippen LogP contribution in [0.5, 0.6) is 0 Å². The summed E-state index contributed by atoms with van der Waals surface area (Å²) < 4.78 is 37.5. The summed E-state index contributed by atoms with van der Waals surface area (Å²) in [6.07, 6.45) is -4.30. The van der Waals surface area contributed by atoms with Crippen LogP contribution in [0.25, 0.3) is 11.3 Å². The molecular weight excluding hydrogens is 297 g/mol. The number of nitrogens with one attached hydrogen (secondary N) is 1. The van der Waals surface area contributed by atoms with Crippen molar-refractivity contribution in [3.05, 3.63) is 40.2 Å². The Morgan fingerprint density at radius 3 is 2.24 bits per heavy atom. The van der Waals surface area contributed by atoms with Gasteiger partial charge in [-0.2, -0.15) is 13.2 Å². The van der Waals surface area contributed by atoms with E-state index in [-0.39, 0.29) is 5.54 Å². The monoisotopic (exact) mass is 314 g/mol. The van der Waals surface area contributed by atoms with E-state index in [0.717, 1.165) is 17.1 Å². The number of hydrogen-bond acceptors (Lipinski definition) is 3. The van der Waals surface area contributed by atoms with Gasteiger partial charge in [0.15, 0.2) is 0 Å². The summed E-state index contributed by atoms with van der Waals surface area (Å²) in [5.74, 6) is 0. The number of alkyl halides is 3. The van der Waals surface area contributed by atoms with E-state index in [0.29, 0.717) is 17.8 Å². The van der Waals surface area contributed by atoms with Gasteiger partial charge in [0, 0.05) is 23.0 Å². The van der Waals surface area contributed by atoms with Crippen LogP contribution in [-0.2, 0) is 12.7 Å². The van der Waals surface area contributed by atoms with E-state index >= 15 is 0 Å². The van der Waals surface area contributed by atoms with Crippen molar-refractivity contribution in [3.63, 3.8) is 0 Å². The molecule has 1 aromatic carbocycles. The van der Waals surface area contributed by atoms with Gasteiger partial charge in [-0.1, -0.05) is 12.1 Å². The topological polar surface area (TPSA) is 24.9 Å². The minimum Gasteiger partial charge on any atom is -0.306 e. The Morgan fingerprint density at radius 1 is 1.10 bits per heavy atom. The van der Waals surface area contributed by atoms with Gasteiger partial charge in [0.1, 0.15) is 5.01 Å². The highest BCUT2D eigenvalue weighted by Gasteiger charge is 2.30. The first-order valence-corrected chi connectivity index (χ1v) is 7.40. The zero-order valence-electron chi connectivity index (χ0n) is 12.1. The fourth-order valence-corrected chi connectivity index (χ4v) is 2.44. The van der Waals surface area contributed by atoms with E-state index in [1.54, 1.807) is 0 Å². The predicted molar refractivity (Wildman–Crippen MR) is 79.1 cm³/mol. The molecule has 2 nitrogen and oxygen atoms in total. The fourth-order valence-electron chi connectivity index (χ4n) is 1.70. The Labute approximate surface area is 126 Å². The van der Waals surface area contributed by atoms with E-state index in [2.05, 4.69) is 31.1 Å². The first-order valence-electron chi connectivity index (χ1n) is 6.52. The molecule has 0 radical (unpaired) electrons. The van der Waals surface area contributed by atoms with Crippen LogP contribution in [0.4, 0.5) is 13.2 Å². The molecule has 6 heteroatoms. The van der Waals surface area contributed by atoms with Gasteiger partial charge in [-0.15, -0.1) is 11.3 Å². The van der Waals surface area contributed by atoms with Crippen molar-refractivity contribution in [2.75, 3.05) is 0 Å². The van der Waals surface area contributed by atoms with Crippen molar-refractivity contribution in [1.82, 2.24) is 10.3 Å². The van der Waals surface area contributed by atoms with Gasteiger partial charge in [0.05, 0.1) is 11.3 Å². The fraction of sp³-hybridized carbons (Fsp3) is 0.400. The zero-order valence-corrected chi connectivity index (χ0v) is 12.9. The van der Waals surface area contributed by atoms with E-state index in [9.17, 15) is 13.2 Å². The predicted octanol–water partition coefficient (Wildman–Crippen LogP) is 4.72.